The Morgan fingerprint density at radius 2 is 2.00 bits per heavy atom. The van der Waals surface area contributed by atoms with Crippen LogP contribution in [0.3, 0.4) is 0 Å². The molecule has 1 saturated heterocycles. The van der Waals surface area contributed by atoms with Gasteiger partial charge in [0.1, 0.15) is 0 Å². The zero-order valence-electron chi connectivity index (χ0n) is 13.7. The monoisotopic (exact) mass is 308 g/mol. The number of anilines is 1. The summed E-state index contributed by atoms with van der Waals surface area (Å²) < 4.78 is 0. The van der Waals surface area contributed by atoms with Gasteiger partial charge in [-0.25, -0.2) is 0 Å². The van der Waals surface area contributed by atoms with Crippen molar-refractivity contribution in [2.75, 3.05) is 18.0 Å². The van der Waals surface area contributed by atoms with E-state index in [4.69, 9.17) is 11.6 Å². The van der Waals surface area contributed by atoms with Gasteiger partial charge in [-0.15, -0.1) is 0 Å². The summed E-state index contributed by atoms with van der Waals surface area (Å²) in [6, 6.07) is 6.79. The smallest absolute Gasteiger partial charge is 0.0471 e. The number of nitrogens with one attached hydrogen (secondary N) is 1. The first kappa shape index (κ1) is 16.6. The van der Waals surface area contributed by atoms with Gasteiger partial charge < -0.3 is 10.2 Å². The van der Waals surface area contributed by atoms with Gasteiger partial charge in [0.25, 0.3) is 0 Å². The largest absolute Gasteiger partial charge is 0.371 e. The molecule has 1 fully saturated rings. The summed E-state index contributed by atoms with van der Waals surface area (Å²) in [5.41, 5.74) is 2.58. The van der Waals surface area contributed by atoms with E-state index < -0.39 is 0 Å². The molecule has 3 heteroatoms. The fourth-order valence-electron chi connectivity index (χ4n) is 3.20. The first-order valence-corrected chi connectivity index (χ1v) is 8.75. The van der Waals surface area contributed by atoms with Crippen molar-refractivity contribution in [1.29, 1.82) is 0 Å². The van der Waals surface area contributed by atoms with E-state index in [1.807, 2.05) is 6.07 Å². The van der Waals surface area contributed by atoms with Crippen molar-refractivity contribution in [1.82, 2.24) is 5.32 Å². The summed E-state index contributed by atoms with van der Waals surface area (Å²) in [6.45, 7) is 9.82. The standard InChI is InChI=1S/C18H29ClN2/c1-4-6-15-9-11-21(12-10-15)18-8-5-7-17(19)16(18)13-20-14(2)3/h5,7-8,14-15,20H,4,6,9-13H2,1-3H3. The van der Waals surface area contributed by atoms with E-state index in [1.54, 1.807) is 0 Å². The van der Waals surface area contributed by atoms with Gasteiger partial charge in [0.05, 0.1) is 0 Å². The van der Waals surface area contributed by atoms with E-state index in [-0.39, 0.29) is 0 Å². The Morgan fingerprint density at radius 1 is 1.29 bits per heavy atom. The van der Waals surface area contributed by atoms with Gasteiger partial charge in [0.15, 0.2) is 0 Å². The molecule has 0 amide bonds. The molecule has 0 aromatic heterocycles. The highest BCUT2D eigenvalue weighted by Crippen LogP contribution is 2.31. The Morgan fingerprint density at radius 3 is 2.62 bits per heavy atom. The summed E-state index contributed by atoms with van der Waals surface area (Å²) in [7, 11) is 0. The highest BCUT2D eigenvalue weighted by Gasteiger charge is 2.21. The van der Waals surface area contributed by atoms with Crippen molar-refractivity contribution >= 4 is 17.3 Å². The van der Waals surface area contributed by atoms with Crippen LogP contribution in [0.5, 0.6) is 0 Å². The summed E-state index contributed by atoms with van der Waals surface area (Å²) in [5, 5.41) is 4.39. The molecular weight excluding hydrogens is 280 g/mol. The number of halogens is 1. The number of rotatable bonds is 6. The number of hydrogen-bond donors (Lipinski definition) is 1. The topological polar surface area (TPSA) is 15.3 Å². The predicted molar refractivity (Wildman–Crippen MR) is 93.3 cm³/mol. The maximum atomic E-state index is 6.44. The first-order chi connectivity index (χ1) is 10.1. The van der Waals surface area contributed by atoms with Crippen molar-refractivity contribution in [3.05, 3.63) is 28.8 Å². The third-order valence-corrected chi connectivity index (χ3v) is 4.79. The normalized spacial score (nSPS) is 16.7. The second-order valence-electron chi connectivity index (χ2n) is 6.49. The Bertz CT molecular complexity index is 437. The molecule has 1 aromatic carbocycles. The molecule has 0 spiro atoms. The maximum absolute atomic E-state index is 6.44. The van der Waals surface area contributed by atoms with Crippen LogP contribution in [0.2, 0.25) is 5.02 Å². The Kier molecular flexibility index (Phi) is 6.38. The minimum absolute atomic E-state index is 0.476. The molecule has 1 aliphatic heterocycles. The van der Waals surface area contributed by atoms with Gasteiger partial charge >= 0.3 is 0 Å². The molecule has 0 bridgehead atoms. The summed E-state index contributed by atoms with van der Waals surface area (Å²) in [6.07, 6.45) is 5.32. The quantitative estimate of drug-likeness (QED) is 0.807. The van der Waals surface area contributed by atoms with Gasteiger partial charge in [-0.3, -0.25) is 0 Å². The number of piperidine rings is 1. The third kappa shape index (κ3) is 4.62. The summed E-state index contributed by atoms with van der Waals surface area (Å²) >= 11 is 6.44. The molecule has 1 aromatic rings. The van der Waals surface area contributed by atoms with Gasteiger partial charge in [-0.2, -0.15) is 0 Å². The lowest BCUT2D eigenvalue weighted by atomic mass is 9.92. The van der Waals surface area contributed by atoms with E-state index in [0.717, 1.165) is 17.5 Å². The molecule has 2 rings (SSSR count). The summed E-state index contributed by atoms with van der Waals surface area (Å²) in [5.74, 6) is 0.919. The number of benzene rings is 1. The molecule has 0 atom stereocenters. The van der Waals surface area contributed by atoms with Crippen LogP contribution in [0.4, 0.5) is 5.69 Å². The van der Waals surface area contributed by atoms with Crippen LogP contribution in [0.1, 0.15) is 52.0 Å². The van der Waals surface area contributed by atoms with Crippen LogP contribution >= 0.6 is 11.6 Å². The van der Waals surface area contributed by atoms with Crippen molar-refractivity contribution in [3.63, 3.8) is 0 Å². The second-order valence-corrected chi connectivity index (χ2v) is 6.90. The minimum atomic E-state index is 0.476. The highest BCUT2D eigenvalue weighted by atomic mass is 35.5. The molecule has 0 radical (unpaired) electrons. The molecule has 118 valence electrons. The average Bonchev–Trinajstić information content (AvgIpc) is 2.47. The zero-order chi connectivity index (χ0) is 15.2. The lowest BCUT2D eigenvalue weighted by Crippen LogP contribution is -2.35. The predicted octanol–water partition coefficient (Wildman–Crippen LogP) is 4.85. The third-order valence-electron chi connectivity index (χ3n) is 4.43. The Labute approximate surface area is 134 Å². The van der Waals surface area contributed by atoms with Crippen molar-refractivity contribution in [3.8, 4) is 0 Å². The Balaban J connectivity index is 2.07. The van der Waals surface area contributed by atoms with Crippen molar-refractivity contribution < 1.29 is 0 Å². The van der Waals surface area contributed by atoms with E-state index in [2.05, 4.69) is 43.1 Å². The molecule has 2 nitrogen and oxygen atoms in total. The van der Waals surface area contributed by atoms with E-state index in [0.29, 0.717) is 6.04 Å². The number of nitrogens with zero attached hydrogens (tertiary/aromatic N) is 1. The Hall–Kier alpha value is -0.730. The van der Waals surface area contributed by atoms with E-state index in [9.17, 15) is 0 Å². The van der Waals surface area contributed by atoms with E-state index in [1.165, 1.54) is 50.0 Å². The van der Waals surface area contributed by atoms with Crippen LogP contribution in [0, 0.1) is 5.92 Å². The van der Waals surface area contributed by atoms with Gasteiger partial charge in [0.2, 0.25) is 0 Å². The van der Waals surface area contributed by atoms with Crippen LogP contribution in [-0.4, -0.2) is 19.1 Å². The van der Waals surface area contributed by atoms with Gasteiger partial charge in [-0.1, -0.05) is 51.3 Å². The zero-order valence-corrected chi connectivity index (χ0v) is 14.4. The molecule has 0 saturated carbocycles. The molecule has 1 heterocycles. The molecule has 1 aliphatic rings. The second kappa shape index (κ2) is 8.05. The molecule has 21 heavy (non-hydrogen) atoms. The van der Waals surface area contributed by atoms with Crippen LogP contribution < -0.4 is 10.2 Å². The highest BCUT2D eigenvalue weighted by molar-refractivity contribution is 6.31. The van der Waals surface area contributed by atoms with Crippen LogP contribution in [0.25, 0.3) is 0 Å². The van der Waals surface area contributed by atoms with Gasteiger partial charge in [0, 0.05) is 41.9 Å². The van der Waals surface area contributed by atoms with Gasteiger partial charge in [-0.05, 0) is 30.9 Å². The minimum Gasteiger partial charge on any atom is -0.371 e. The molecule has 0 unspecified atom stereocenters. The van der Waals surface area contributed by atoms with Crippen molar-refractivity contribution in [2.45, 2.75) is 59.0 Å². The number of hydrogen-bond acceptors (Lipinski definition) is 2. The fraction of sp³-hybridized carbons (Fsp3) is 0.667. The molecule has 0 aliphatic carbocycles. The average molecular weight is 309 g/mol. The van der Waals surface area contributed by atoms with Crippen molar-refractivity contribution in [2.24, 2.45) is 5.92 Å². The maximum Gasteiger partial charge on any atom is 0.0471 e. The van der Waals surface area contributed by atoms with E-state index >= 15 is 0 Å². The molecular formula is C18H29ClN2. The fourth-order valence-corrected chi connectivity index (χ4v) is 3.43. The SMILES string of the molecule is CCCC1CCN(c2cccc(Cl)c2CNC(C)C)CC1. The lowest BCUT2D eigenvalue weighted by Gasteiger charge is -2.35. The van der Waals surface area contributed by atoms with Crippen LogP contribution in [0.15, 0.2) is 18.2 Å². The first-order valence-electron chi connectivity index (χ1n) is 8.37. The van der Waals surface area contributed by atoms with Crippen LogP contribution in [-0.2, 0) is 6.54 Å². The lowest BCUT2D eigenvalue weighted by molar-refractivity contribution is 0.378. The summed E-state index contributed by atoms with van der Waals surface area (Å²) in [4.78, 5) is 2.52. The molecule has 1 N–H and O–H groups in total.